The molecule has 2 nitrogen and oxygen atoms in total. The van der Waals surface area contributed by atoms with Gasteiger partial charge in [-0.25, -0.2) is 0 Å². The average molecular weight is 544 g/mol. The molecule has 0 saturated heterocycles. The zero-order valence-corrected chi connectivity index (χ0v) is 20.5. The number of benzene rings is 5. The molecule has 40 heavy (non-hydrogen) atoms. The van der Waals surface area contributed by atoms with E-state index in [1.54, 1.807) is 4.57 Å². The molecule has 2 heterocycles. The Balaban J connectivity index is 1.38. The highest BCUT2D eigenvalue weighted by Crippen LogP contribution is 2.40. The van der Waals surface area contributed by atoms with Crippen LogP contribution < -0.4 is 0 Å². The summed E-state index contributed by atoms with van der Waals surface area (Å²) in [5.41, 5.74) is 3.52. The third kappa shape index (κ3) is 3.82. The number of aromatic amines is 1. The number of hydrogen-bond donors (Lipinski definition) is 1. The van der Waals surface area contributed by atoms with E-state index in [-0.39, 0.29) is 10.8 Å². The lowest BCUT2D eigenvalue weighted by Crippen LogP contribution is -2.04. The van der Waals surface area contributed by atoms with Crippen molar-refractivity contribution in [3.63, 3.8) is 0 Å². The van der Waals surface area contributed by atoms with Crippen molar-refractivity contribution in [2.24, 2.45) is 0 Å². The molecule has 0 aliphatic rings. The van der Waals surface area contributed by atoms with Crippen LogP contribution in [0.25, 0.3) is 60.4 Å². The van der Waals surface area contributed by atoms with Crippen molar-refractivity contribution in [2.45, 2.75) is 12.4 Å². The number of aromatic nitrogens is 2. The van der Waals surface area contributed by atoms with E-state index in [9.17, 15) is 26.3 Å². The number of nitrogens with zero attached hydrogens (tertiary/aromatic N) is 1. The Bertz CT molecular complexity index is 2000. The number of alkyl halides is 6. The van der Waals surface area contributed by atoms with Gasteiger partial charge in [-0.05, 0) is 77.9 Å². The summed E-state index contributed by atoms with van der Waals surface area (Å²) in [7, 11) is 0. The normalized spacial score (nSPS) is 12.8. The van der Waals surface area contributed by atoms with Gasteiger partial charge in [0, 0.05) is 38.3 Å². The first-order chi connectivity index (χ1) is 19.1. The van der Waals surface area contributed by atoms with Crippen molar-refractivity contribution in [1.29, 1.82) is 0 Å². The molecule has 0 amide bonds. The minimum absolute atomic E-state index is 0.102. The van der Waals surface area contributed by atoms with E-state index < -0.39 is 23.5 Å². The van der Waals surface area contributed by atoms with E-state index in [1.807, 2.05) is 54.6 Å². The van der Waals surface area contributed by atoms with Crippen LogP contribution in [0.5, 0.6) is 0 Å². The van der Waals surface area contributed by atoms with Crippen LogP contribution in [0.1, 0.15) is 11.1 Å². The number of fused-ring (bicyclic) bond motifs is 6. The summed E-state index contributed by atoms with van der Waals surface area (Å²) in [6, 6.07) is 27.9. The second-order valence-electron chi connectivity index (χ2n) is 9.77. The lowest BCUT2D eigenvalue weighted by molar-refractivity contribution is -0.138. The molecule has 0 unspecified atom stereocenters. The molecule has 7 rings (SSSR count). The molecule has 0 fully saturated rings. The van der Waals surface area contributed by atoms with Gasteiger partial charge in [0.15, 0.2) is 0 Å². The van der Waals surface area contributed by atoms with Crippen LogP contribution in [0, 0.1) is 0 Å². The van der Waals surface area contributed by atoms with Crippen molar-refractivity contribution in [3.05, 3.63) is 114 Å². The van der Waals surface area contributed by atoms with Gasteiger partial charge in [0.05, 0.1) is 22.2 Å². The molecule has 0 aliphatic carbocycles. The smallest absolute Gasteiger partial charge is 0.355 e. The highest BCUT2D eigenvalue weighted by Gasteiger charge is 2.33. The zero-order valence-electron chi connectivity index (χ0n) is 20.5. The molecule has 0 atom stereocenters. The standard InChI is InChI=1S/C32H18F6N2/c33-31(34,35)20-8-13-29-25(16-20)26-17-21(32(36,37)38)9-14-30(26)40(29)22-10-5-18(6-11-22)19-7-12-28-24(15-19)23-3-1-2-4-27(23)39-28/h1-17,39H. The molecule has 0 bridgehead atoms. The zero-order chi connectivity index (χ0) is 27.8. The molecule has 0 radical (unpaired) electrons. The maximum atomic E-state index is 13.5. The van der Waals surface area contributed by atoms with Gasteiger partial charge in [0.25, 0.3) is 0 Å². The molecule has 2 aromatic heterocycles. The fourth-order valence-electron chi connectivity index (χ4n) is 5.48. The van der Waals surface area contributed by atoms with Crippen LogP contribution in [-0.2, 0) is 12.4 Å². The first kappa shape index (κ1) is 24.3. The molecular formula is C32H18F6N2. The molecule has 0 spiro atoms. The van der Waals surface area contributed by atoms with E-state index >= 15 is 0 Å². The predicted octanol–water partition coefficient (Wildman–Crippen LogP) is 10.1. The largest absolute Gasteiger partial charge is 0.416 e. The van der Waals surface area contributed by atoms with Crippen molar-refractivity contribution >= 4 is 43.6 Å². The van der Waals surface area contributed by atoms with Gasteiger partial charge >= 0.3 is 12.4 Å². The minimum atomic E-state index is -4.63. The van der Waals surface area contributed by atoms with E-state index in [0.717, 1.165) is 57.2 Å². The van der Waals surface area contributed by atoms with Crippen molar-refractivity contribution in [1.82, 2.24) is 9.55 Å². The van der Waals surface area contributed by atoms with Gasteiger partial charge in [-0.3, -0.25) is 0 Å². The van der Waals surface area contributed by atoms with Gasteiger partial charge in [-0.2, -0.15) is 26.3 Å². The topological polar surface area (TPSA) is 20.7 Å². The maximum absolute atomic E-state index is 13.5. The number of hydrogen-bond acceptors (Lipinski definition) is 0. The third-order valence-corrected chi connectivity index (χ3v) is 7.38. The molecule has 5 aromatic carbocycles. The summed E-state index contributed by atoms with van der Waals surface area (Å²) in [5.74, 6) is 0. The monoisotopic (exact) mass is 544 g/mol. The second-order valence-corrected chi connectivity index (χ2v) is 9.77. The Morgan fingerprint density at radius 3 is 1.62 bits per heavy atom. The van der Waals surface area contributed by atoms with Crippen LogP contribution >= 0.6 is 0 Å². The maximum Gasteiger partial charge on any atom is 0.416 e. The number of nitrogens with one attached hydrogen (secondary N) is 1. The van der Waals surface area contributed by atoms with E-state index in [4.69, 9.17) is 0 Å². The van der Waals surface area contributed by atoms with Crippen molar-refractivity contribution < 1.29 is 26.3 Å². The van der Waals surface area contributed by atoms with Crippen LogP contribution in [0.4, 0.5) is 26.3 Å². The van der Waals surface area contributed by atoms with Gasteiger partial charge < -0.3 is 9.55 Å². The number of H-pyrrole nitrogens is 1. The minimum Gasteiger partial charge on any atom is -0.355 e. The van der Waals surface area contributed by atoms with Gasteiger partial charge in [-0.15, -0.1) is 0 Å². The predicted molar refractivity (Wildman–Crippen MR) is 146 cm³/mol. The Kier molecular flexibility index (Phi) is 5.10. The number of rotatable bonds is 2. The molecule has 0 aliphatic heterocycles. The van der Waals surface area contributed by atoms with Crippen LogP contribution in [0.3, 0.4) is 0 Å². The number of halogens is 6. The van der Waals surface area contributed by atoms with E-state index in [2.05, 4.69) is 17.1 Å². The highest BCUT2D eigenvalue weighted by molar-refractivity contribution is 6.10. The summed E-state index contributed by atoms with van der Waals surface area (Å²) in [6.45, 7) is 0. The molecule has 0 saturated carbocycles. The lowest BCUT2D eigenvalue weighted by Gasteiger charge is -2.11. The summed E-state index contributed by atoms with van der Waals surface area (Å²) < 4.78 is 82.7. The van der Waals surface area contributed by atoms with Crippen LogP contribution in [0.2, 0.25) is 0 Å². The third-order valence-electron chi connectivity index (χ3n) is 7.38. The van der Waals surface area contributed by atoms with E-state index in [0.29, 0.717) is 16.7 Å². The molecule has 198 valence electrons. The quantitative estimate of drug-likeness (QED) is 0.209. The summed E-state index contributed by atoms with van der Waals surface area (Å²) in [5, 5.41) is 2.40. The Labute approximate surface area is 223 Å². The van der Waals surface area contributed by atoms with Crippen molar-refractivity contribution in [3.8, 4) is 16.8 Å². The fraction of sp³-hybridized carbons (Fsp3) is 0.0625. The Morgan fingerprint density at radius 2 is 1.02 bits per heavy atom. The molecule has 1 N–H and O–H groups in total. The van der Waals surface area contributed by atoms with Crippen molar-refractivity contribution in [2.75, 3.05) is 0 Å². The summed E-state index contributed by atoms with van der Waals surface area (Å²) in [6.07, 6.45) is -9.25. The van der Waals surface area contributed by atoms with Gasteiger partial charge in [0.2, 0.25) is 0 Å². The van der Waals surface area contributed by atoms with Gasteiger partial charge in [0.1, 0.15) is 0 Å². The highest BCUT2D eigenvalue weighted by atomic mass is 19.4. The fourth-order valence-corrected chi connectivity index (χ4v) is 5.48. The van der Waals surface area contributed by atoms with Crippen LogP contribution in [-0.4, -0.2) is 9.55 Å². The first-order valence-electron chi connectivity index (χ1n) is 12.4. The lowest BCUT2D eigenvalue weighted by atomic mass is 10.0. The summed E-state index contributed by atoms with van der Waals surface area (Å²) >= 11 is 0. The Hall–Kier alpha value is -4.72. The average Bonchev–Trinajstić information content (AvgIpc) is 3.46. The summed E-state index contributed by atoms with van der Waals surface area (Å²) in [4.78, 5) is 3.40. The van der Waals surface area contributed by atoms with Gasteiger partial charge in [-0.1, -0.05) is 36.4 Å². The van der Waals surface area contributed by atoms with E-state index in [1.165, 1.54) is 12.1 Å². The molecule has 7 aromatic rings. The Morgan fingerprint density at radius 1 is 0.475 bits per heavy atom. The SMILES string of the molecule is FC(F)(F)c1ccc2c(c1)c1cc(C(F)(F)F)ccc1n2-c1ccc(-c2ccc3[nH]c4ccccc4c3c2)cc1. The van der Waals surface area contributed by atoms with Crippen LogP contribution in [0.15, 0.2) is 103 Å². The molecule has 8 heteroatoms. The molecular weight excluding hydrogens is 526 g/mol. The second kappa shape index (κ2) is 8.39. The first-order valence-corrected chi connectivity index (χ1v) is 12.4. The number of para-hydroxylation sites is 1.